The summed E-state index contributed by atoms with van der Waals surface area (Å²) in [5.74, 6) is 0.624. The van der Waals surface area contributed by atoms with E-state index in [1.165, 1.54) is 22.6 Å². The van der Waals surface area contributed by atoms with Gasteiger partial charge in [-0.2, -0.15) is 17.5 Å². The number of sulfonamides is 1. The normalized spacial score (nSPS) is 17.2. The van der Waals surface area contributed by atoms with Crippen molar-refractivity contribution in [1.82, 2.24) is 18.8 Å². The summed E-state index contributed by atoms with van der Waals surface area (Å²) in [6.07, 6.45) is -1.63. The highest BCUT2D eigenvalue weighted by atomic mass is 32.2. The van der Waals surface area contributed by atoms with E-state index >= 15 is 0 Å². The van der Waals surface area contributed by atoms with Gasteiger partial charge < -0.3 is 4.57 Å². The number of imidazole rings is 1. The lowest BCUT2D eigenvalue weighted by Crippen LogP contribution is -2.45. The molecule has 0 N–H and O–H groups in total. The third-order valence-electron chi connectivity index (χ3n) is 5.42. The Morgan fingerprint density at radius 1 is 1.24 bits per heavy atom. The molecule has 2 aromatic rings. The van der Waals surface area contributed by atoms with Crippen molar-refractivity contribution >= 4 is 10.0 Å². The van der Waals surface area contributed by atoms with Gasteiger partial charge >= 0.3 is 6.18 Å². The maximum Gasteiger partial charge on any atom is 0.416 e. The van der Waals surface area contributed by atoms with Crippen LogP contribution in [0.25, 0.3) is 0 Å². The topological polar surface area (TPSA) is 58.4 Å². The van der Waals surface area contributed by atoms with Gasteiger partial charge in [0.05, 0.1) is 5.56 Å². The second-order valence-electron chi connectivity index (χ2n) is 7.49. The first-order valence-electron chi connectivity index (χ1n) is 9.35. The molecule has 1 aliphatic heterocycles. The van der Waals surface area contributed by atoms with Crippen molar-refractivity contribution < 1.29 is 21.6 Å². The van der Waals surface area contributed by atoms with Crippen molar-refractivity contribution in [1.29, 1.82) is 0 Å². The first-order chi connectivity index (χ1) is 13.5. The molecule has 0 atom stereocenters. The number of rotatable bonds is 5. The fourth-order valence-electron chi connectivity index (χ4n) is 3.57. The van der Waals surface area contributed by atoms with Crippen molar-refractivity contribution in [2.75, 3.05) is 20.1 Å². The van der Waals surface area contributed by atoms with E-state index < -0.39 is 21.8 Å². The van der Waals surface area contributed by atoms with E-state index in [1.54, 1.807) is 24.6 Å². The van der Waals surface area contributed by atoms with Gasteiger partial charge in [0.25, 0.3) is 10.0 Å². The van der Waals surface area contributed by atoms with Crippen molar-refractivity contribution in [3.63, 3.8) is 0 Å². The predicted molar refractivity (Wildman–Crippen MR) is 103 cm³/mol. The fourth-order valence-corrected chi connectivity index (χ4v) is 5.06. The maximum atomic E-state index is 12.9. The standard InChI is InChI=1S/C19H25F3N4O2S/c1-14-23-18(13-24(14)2)29(27,28)26-9-7-17(8-10-26)25(3)12-15-5-4-6-16(11-15)19(20,21)22/h4-6,11,13,17H,7-10,12H2,1-3H3. The molecule has 0 unspecified atom stereocenters. The van der Waals surface area contributed by atoms with E-state index in [9.17, 15) is 21.6 Å². The summed E-state index contributed by atoms with van der Waals surface area (Å²) in [5, 5.41) is 0.0493. The molecular formula is C19H25F3N4O2S. The van der Waals surface area contributed by atoms with Crippen LogP contribution in [0.2, 0.25) is 0 Å². The number of aromatic nitrogens is 2. The summed E-state index contributed by atoms with van der Waals surface area (Å²) in [7, 11) is -0.0311. The van der Waals surface area contributed by atoms with Crippen molar-refractivity contribution in [2.24, 2.45) is 7.05 Å². The molecule has 0 bridgehead atoms. The number of benzene rings is 1. The SMILES string of the molecule is Cc1nc(S(=O)(=O)N2CCC(N(C)Cc3cccc(C(F)(F)F)c3)CC2)cn1C. The molecule has 3 rings (SSSR count). The average Bonchev–Trinajstić information content (AvgIpc) is 3.01. The Morgan fingerprint density at radius 2 is 1.90 bits per heavy atom. The van der Waals surface area contributed by atoms with E-state index in [1.807, 2.05) is 11.9 Å². The van der Waals surface area contributed by atoms with Crippen LogP contribution in [0.3, 0.4) is 0 Å². The van der Waals surface area contributed by atoms with Gasteiger partial charge in [-0.3, -0.25) is 4.90 Å². The molecule has 1 aliphatic rings. The smallest absolute Gasteiger partial charge is 0.337 e. The Kier molecular flexibility index (Phi) is 6.07. The van der Waals surface area contributed by atoms with Crippen LogP contribution in [0.4, 0.5) is 13.2 Å². The number of hydrogen-bond donors (Lipinski definition) is 0. The van der Waals surface area contributed by atoms with Gasteiger partial charge in [0, 0.05) is 38.9 Å². The van der Waals surface area contributed by atoms with Gasteiger partial charge in [0.2, 0.25) is 0 Å². The quantitative estimate of drug-likeness (QED) is 0.732. The van der Waals surface area contributed by atoms with E-state index in [4.69, 9.17) is 0 Å². The molecular weight excluding hydrogens is 405 g/mol. The first kappa shape index (κ1) is 21.8. The molecule has 1 aromatic carbocycles. The van der Waals surface area contributed by atoms with Gasteiger partial charge in [-0.05, 0) is 38.4 Å². The highest BCUT2D eigenvalue weighted by Gasteiger charge is 2.33. The minimum atomic E-state index is -4.36. The van der Waals surface area contributed by atoms with Crippen molar-refractivity contribution in [3.8, 4) is 0 Å². The van der Waals surface area contributed by atoms with Crippen LogP contribution in [0.15, 0.2) is 35.5 Å². The lowest BCUT2D eigenvalue weighted by atomic mass is 10.0. The minimum absolute atomic E-state index is 0.0493. The van der Waals surface area contributed by atoms with Crippen LogP contribution in [-0.2, 0) is 29.8 Å². The van der Waals surface area contributed by atoms with Crippen LogP contribution < -0.4 is 0 Å². The van der Waals surface area contributed by atoms with Gasteiger partial charge in [0.1, 0.15) is 5.82 Å². The minimum Gasteiger partial charge on any atom is -0.337 e. The number of nitrogens with zero attached hydrogens (tertiary/aromatic N) is 4. The Morgan fingerprint density at radius 3 is 2.45 bits per heavy atom. The first-order valence-corrected chi connectivity index (χ1v) is 10.8. The van der Waals surface area contributed by atoms with Crippen molar-refractivity contribution in [2.45, 2.75) is 43.6 Å². The van der Waals surface area contributed by atoms with E-state index in [0.717, 1.165) is 6.07 Å². The summed E-state index contributed by atoms with van der Waals surface area (Å²) in [5.41, 5.74) is -0.0729. The number of aryl methyl sites for hydroxylation is 2. The Labute approximate surface area is 169 Å². The zero-order valence-corrected chi connectivity index (χ0v) is 17.5. The number of alkyl halides is 3. The summed E-state index contributed by atoms with van der Waals surface area (Å²) in [4.78, 5) is 6.12. The largest absolute Gasteiger partial charge is 0.416 e. The highest BCUT2D eigenvalue weighted by molar-refractivity contribution is 7.89. The molecule has 1 aromatic heterocycles. The molecule has 2 heterocycles. The molecule has 0 radical (unpaired) electrons. The van der Waals surface area contributed by atoms with Gasteiger partial charge in [-0.15, -0.1) is 0 Å². The third-order valence-corrected chi connectivity index (χ3v) is 7.19. The molecule has 1 saturated heterocycles. The van der Waals surface area contributed by atoms with Crippen LogP contribution in [0.1, 0.15) is 29.8 Å². The van der Waals surface area contributed by atoms with E-state index in [0.29, 0.717) is 43.9 Å². The Bertz CT molecular complexity index is 945. The molecule has 29 heavy (non-hydrogen) atoms. The summed E-state index contributed by atoms with van der Waals surface area (Å²) in [6.45, 7) is 2.83. The molecule has 1 fully saturated rings. The van der Waals surface area contributed by atoms with Crippen molar-refractivity contribution in [3.05, 3.63) is 47.4 Å². The molecule has 6 nitrogen and oxygen atoms in total. The molecule has 0 amide bonds. The average molecular weight is 430 g/mol. The van der Waals surface area contributed by atoms with Crippen LogP contribution in [-0.4, -0.2) is 53.4 Å². The fraction of sp³-hybridized carbons (Fsp3) is 0.526. The van der Waals surface area contributed by atoms with E-state index in [-0.39, 0.29) is 11.1 Å². The van der Waals surface area contributed by atoms with Gasteiger partial charge in [0.15, 0.2) is 5.03 Å². The summed E-state index contributed by atoms with van der Waals surface area (Å²) < 4.78 is 67.4. The van der Waals surface area contributed by atoms with Gasteiger partial charge in [-0.1, -0.05) is 18.2 Å². The second-order valence-corrected chi connectivity index (χ2v) is 9.37. The lowest BCUT2D eigenvalue weighted by molar-refractivity contribution is -0.137. The predicted octanol–water partition coefficient (Wildman–Crippen LogP) is 3.03. The molecule has 0 spiro atoms. The number of hydrogen-bond acceptors (Lipinski definition) is 4. The second kappa shape index (κ2) is 8.08. The van der Waals surface area contributed by atoms with E-state index in [2.05, 4.69) is 4.98 Å². The summed E-state index contributed by atoms with van der Waals surface area (Å²) in [6, 6.07) is 5.41. The van der Waals surface area contributed by atoms with Gasteiger partial charge in [-0.25, -0.2) is 13.4 Å². The highest BCUT2D eigenvalue weighted by Crippen LogP contribution is 2.30. The molecule has 10 heteroatoms. The molecule has 0 aliphatic carbocycles. The summed E-state index contributed by atoms with van der Waals surface area (Å²) >= 11 is 0. The lowest BCUT2D eigenvalue weighted by Gasteiger charge is -2.36. The maximum absolute atomic E-state index is 12.9. The van der Waals surface area contributed by atoms with Crippen LogP contribution in [0.5, 0.6) is 0 Å². The molecule has 160 valence electrons. The third kappa shape index (κ3) is 4.81. The van der Waals surface area contributed by atoms with Crippen LogP contribution in [0, 0.1) is 6.92 Å². The zero-order chi connectivity index (χ0) is 21.4. The molecule has 0 saturated carbocycles. The Balaban J connectivity index is 1.62. The number of piperidine rings is 1. The zero-order valence-electron chi connectivity index (χ0n) is 16.6. The van der Waals surface area contributed by atoms with Crippen LogP contribution >= 0.6 is 0 Å². The number of halogens is 3. The Hall–Kier alpha value is -1.91. The monoisotopic (exact) mass is 430 g/mol.